The summed E-state index contributed by atoms with van der Waals surface area (Å²) in [5, 5.41) is 4.88. The number of amides is 3. The van der Waals surface area contributed by atoms with E-state index in [0.717, 1.165) is 24.5 Å². The minimum absolute atomic E-state index is 0.227. The van der Waals surface area contributed by atoms with Gasteiger partial charge in [0.25, 0.3) is 0 Å². The van der Waals surface area contributed by atoms with Gasteiger partial charge in [0.15, 0.2) is 0 Å². The molecule has 1 aliphatic heterocycles. The van der Waals surface area contributed by atoms with Crippen molar-refractivity contribution < 1.29 is 9.59 Å². The summed E-state index contributed by atoms with van der Waals surface area (Å²) in [6, 6.07) is -0.000614. The number of imide groups is 1. The minimum Gasteiger partial charge on any atom is -0.338 e. The summed E-state index contributed by atoms with van der Waals surface area (Å²) in [6.45, 7) is 5.69. The minimum atomic E-state index is -0.408. The SMILES string of the molecule is CCNC(=O)NC(=O)CN1CCSCC[C@H]1C. The van der Waals surface area contributed by atoms with E-state index in [9.17, 15) is 9.59 Å². The lowest BCUT2D eigenvalue weighted by atomic mass is 10.2. The Kier molecular flexibility index (Phi) is 6.36. The van der Waals surface area contributed by atoms with Gasteiger partial charge in [0.2, 0.25) is 5.91 Å². The first-order valence-corrected chi connectivity index (χ1v) is 7.18. The monoisotopic (exact) mass is 259 g/mol. The van der Waals surface area contributed by atoms with Gasteiger partial charge in [-0.2, -0.15) is 11.8 Å². The fraction of sp³-hybridized carbons (Fsp3) is 0.818. The summed E-state index contributed by atoms with van der Waals surface area (Å²) in [6.07, 6.45) is 1.10. The smallest absolute Gasteiger partial charge is 0.321 e. The molecule has 98 valence electrons. The van der Waals surface area contributed by atoms with Gasteiger partial charge in [-0.15, -0.1) is 0 Å². The van der Waals surface area contributed by atoms with Crippen LogP contribution in [-0.2, 0) is 4.79 Å². The second-order valence-electron chi connectivity index (χ2n) is 4.13. The van der Waals surface area contributed by atoms with Crippen LogP contribution < -0.4 is 10.6 Å². The maximum atomic E-state index is 11.6. The Morgan fingerprint density at radius 3 is 2.88 bits per heavy atom. The fourth-order valence-electron chi connectivity index (χ4n) is 1.73. The zero-order chi connectivity index (χ0) is 12.7. The van der Waals surface area contributed by atoms with E-state index in [0.29, 0.717) is 19.1 Å². The van der Waals surface area contributed by atoms with Crippen LogP contribution >= 0.6 is 11.8 Å². The first-order valence-electron chi connectivity index (χ1n) is 6.03. The molecule has 5 nitrogen and oxygen atoms in total. The van der Waals surface area contributed by atoms with Crippen molar-refractivity contribution >= 4 is 23.7 Å². The molecule has 1 saturated heterocycles. The molecule has 1 aliphatic rings. The molecule has 0 aromatic heterocycles. The maximum absolute atomic E-state index is 11.6. The van der Waals surface area contributed by atoms with Crippen molar-refractivity contribution in [2.24, 2.45) is 0 Å². The van der Waals surface area contributed by atoms with Gasteiger partial charge < -0.3 is 5.32 Å². The van der Waals surface area contributed by atoms with Crippen LogP contribution in [0.5, 0.6) is 0 Å². The first-order chi connectivity index (χ1) is 8.13. The molecule has 3 amide bonds. The number of urea groups is 1. The second-order valence-corrected chi connectivity index (χ2v) is 5.35. The highest BCUT2D eigenvalue weighted by molar-refractivity contribution is 7.99. The molecule has 0 aliphatic carbocycles. The molecule has 1 heterocycles. The molecule has 0 unspecified atom stereocenters. The van der Waals surface area contributed by atoms with Gasteiger partial charge in [-0.3, -0.25) is 15.0 Å². The van der Waals surface area contributed by atoms with Crippen molar-refractivity contribution in [3.05, 3.63) is 0 Å². The van der Waals surface area contributed by atoms with Crippen LogP contribution in [0.2, 0.25) is 0 Å². The number of carbonyl (C=O) groups excluding carboxylic acids is 2. The zero-order valence-electron chi connectivity index (χ0n) is 10.5. The van der Waals surface area contributed by atoms with Crippen LogP contribution in [0.1, 0.15) is 20.3 Å². The summed E-state index contributed by atoms with van der Waals surface area (Å²) in [4.78, 5) is 24.9. The number of nitrogens with zero attached hydrogens (tertiary/aromatic N) is 1. The van der Waals surface area contributed by atoms with Gasteiger partial charge in [-0.25, -0.2) is 4.79 Å². The van der Waals surface area contributed by atoms with E-state index >= 15 is 0 Å². The molecule has 1 fully saturated rings. The fourth-order valence-corrected chi connectivity index (χ4v) is 2.81. The van der Waals surface area contributed by atoms with Crippen molar-refractivity contribution in [3.8, 4) is 0 Å². The third-order valence-electron chi connectivity index (χ3n) is 2.76. The average Bonchev–Trinajstić information content (AvgIpc) is 2.44. The molecular weight excluding hydrogens is 238 g/mol. The van der Waals surface area contributed by atoms with E-state index in [1.54, 1.807) is 0 Å². The number of hydrogen-bond donors (Lipinski definition) is 2. The molecule has 2 N–H and O–H groups in total. The van der Waals surface area contributed by atoms with E-state index in [4.69, 9.17) is 0 Å². The van der Waals surface area contributed by atoms with Gasteiger partial charge in [-0.1, -0.05) is 0 Å². The summed E-state index contributed by atoms with van der Waals surface area (Å²) in [7, 11) is 0. The summed E-state index contributed by atoms with van der Waals surface area (Å²) >= 11 is 1.92. The molecule has 0 radical (unpaired) electrons. The molecule has 0 saturated carbocycles. The normalized spacial score (nSPS) is 21.6. The number of carbonyl (C=O) groups is 2. The quantitative estimate of drug-likeness (QED) is 0.781. The van der Waals surface area contributed by atoms with E-state index < -0.39 is 6.03 Å². The van der Waals surface area contributed by atoms with Gasteiger partial charge in [0.1, 0.15) is 0 Å². The highest BCUT2D eigenvalue weighted by atomic mass is 32.2. The van der Waals surface area contributed by atoms with Crippen molar-refractivity contribution in [2.75, 3.05) is 31.1 Å². The molecule has 17 heavy (non-hydrogen) atoms. The highest BCUT2D eigenvalue weighted by Crippen LogP contribution is 2.15. The number of nitrogens with one attached hydrogen (secondary N) is 2. The molecule has 1 atom stereocenters. The molecule has 0 spiro atoms. The van der Waals surface area contributed by atoms with Gasteiger partial charge in [0.05, 0.1) is 6.54 Å². The molecule has 6 heteroatoms. The number of hydrogen-bond acceptors (Lipinski definition) is 4. The van der Waals surface area contributed by atoms with E-state index in [1.165, 1.54) is 0 Å². The Morgan fingerprint density at radius 2 is 2.18 bits per heavy atom. The van der Waals surface area contributed by atoms with Crippen LogP contribution in [0.25, 0.3) is 0 Å². The zero-order valence-corrected chi connectivity index (χ0v) is 11.3. The van der Waals surface area contributed by atoms with Crippen molar-refractivity contribution in [1.29, 1.82) is 0 Å². The Balaban J connectivity index is 2.35. The van der Waals surface area contributed by atoms with E-state index in [-0.39, 0.29) is 5.91 Å². The Morgan fingerprint density at radius 1 is 1.41 bits per heavy atom. The lowest BCUT2D eigenvalue weighted by molar-refractivity contribution is -0.121. The van der Waals surface area contributed by atoms with Crippen LogP contribution in [0.15, 0.2) is 0 Å². The van der Waals surface area contributed by atoms with Crippen LogP contribution in [0, 0.1) is 0 Å². The molecule has 1 rings (SSSR count). The second kappa shape index (κ2) is 7.55. The van der Waals surface area contributed by atoms with Crippen molar-refractivity contribution in [3.63, 3.8) is 0 Å². The van der Waals surface area contributed by atoms with Crippen LogP contribution in [0.4, 0.5) is 4.79 Å². The first kappa shape index (κ1) is 14.3. The average molecular weight is 259 g/mol. The molecule has 0 aromatic rings. The summed E-state index contributed by atoms with van der Waals surface area (Å²) in [5.41, 5.74) is 0. The van der Waals surface area contributed by atoms with Gasteiger partial charge in [0, 0.05) is 24.9 Å². The van der Waals surface area contributed by atoms with Gasteiger partial charge >= 0.3 is 6.03 Å². The van der Waals surface area contributed by atoms with Crippen LogP contribution in [-0.4, -0.2) is 54.0 Å². The third kappa shape index (κ3) is 5.41. The Bertz CT molecular complexity index is 273. The topological polar surface area (TPSA) is 61.4 Å². The molecule has 0 aromatic carbocycles. The summed E-state index contributed by atoms with van der Waals surface area (Å²) in [5.74, 6) is 1.98. The predicted octanol–water partition coefficient (Wildman–Crippen LogP) is 0.659. The molecular formula is C11H21N3O2S. The van der Waals surface area contributed by atoms with Crippen molar-refractivity contribution in [1.82, 2.24) is 15.5 Å². The predicted molar refractivity (Wildman–Crippen MR) is 70.2 cm³/mol. The summed E-state index contributed by atoms with van der Waals surface area (Å²) < 4.78 is 0. The Labute approximate surface area is 107 Å². The van der Waals surface area contributed by atoms with E-state index in [1.807, 2.05) is 18.7 Å². The van der Waals surface area contributed by atoms with Crippen molar-refractivity contribution in [2.45, 2.75) is 26.3 Å². The number of thioether (sulfide) groups is 1. The van der Waals surface area contributed by atoms with Crippen LogP contribution in [0.3, 0.4) is 0 Å². The third-order valence-corrected chi connectivity index (χ3v) is 3.76. The highest BCUT2D eigenvalue weighted by Gasteiger charge is 2.20. The number of rotatable bonds is 3. The lowest BCUT2D eigenvalue weighted by Crippen LogP contribution is -2.46. The van der Waals surface area contributed by atoms with E-state index in [2.05, 4.69) is 22.5 Å². The maximum Gasteiger partial charge on any atom is 0.321 e. The lowest BCUT2D eigenvalue weighted by Gasteiger charge is -2.25. The van der Waals surface area contributed by atoms with Gasteiger partial charge in [-0.05, 0) is 26.0 Å². The molecule has 0 bridgehead atoms. The standard InChI is InChI=1S/C11H21N3O2S/c1-3-12-11(16)13-10(15)8-14-5-7-17-6-4-9(14)2/h9H,3-8H2,1-2H3,(H2,12,13,15,16)/t9-/m1/s1. The Hall–Kier alpha value is -0.750. The largest absolute Gasteiger partial charge is 0.338 e.